The molecular formula is C36H43ClFN3O. The number of allylic oxidation sites excluding steroid dienone is 1. The number of hydrogen-bond acceptors (Lipinski definition) is 2. The SMILES string of the molecule is C/C=C(/c1cccc(Cl)c1)c1ccc(C(=O)N2CCC(c3nc4ccccc4n3C(C)F)CC2)cc1C.CCC(C)C. The highest BCUT2D eigenvalue weighted by Crippen LogP contribution is 2.34. The van der Waals surface area contributed by atoms with Crippen LogP contribution in [0.1, 0.15) is 99.0 Å². The van der Waals surface area contributed by atoms with Gasteiger partial charge in [0.2, 0.25) is 0 Å². The Kier molecular flexibility index (Phi) is 10.6. The van der Waals surface area contributed by atoms with Crippen LogP contribution in [0.15, 0.2) is 72.8 Å². The summed E-state index contributed by atoms with van der Waals surface area (Å²) in [6.07, 6.45) is 3.75. The van der Waals surface area contributed by atoms with E-state index in [-0.39, 0.29) is 11.8 Å². The number of rotatable bonds is 6. The number of hydrogen-bond donors (Lipinski definition) is 0. The van der Waals surface area contributed by atoms with Gasteiger partial charge in [-0.1, -0.05) is 75.2 Å². The number of likely N-dealkylation sites (tertiary alicyclic amines) is 1. The van der Waals surface area contributed by atoms with Crippen LogP contribution in [-0.2, 0) is 0 Å². The normalized spacial score (nSPS) is 15.1. The first kappa shape index (κ1) is 31.5. The molecule has 1 fully saturated rings. The van der Waals surface area contributed by atoms with Gasteiger partial charge in [-0.15, -0.1) is 0 Å². The number of imidazole rings is 1. The van der Waals surface area contributed by atoms with Crippen molar-refractivity contribution in [1.82, 2.24) is 14.5 Å². The van der Waals surface area contributed by atoms with Crippen molar-refractivity contribution < 1.29 is 9.18 Å². The van der Waals surface area contributed by atoms with Crippen molar-refractivity contribution in [2.45, 2.75) is 73.0 Å². The molecule has 1 amide bonds. The molecule has 1 unspecified atom stereocenters. The van der Waals surface area contributed by atoms with Gasteiger partial charge in [0, 0.05) is 29.6 Å². The van der Waals surface area contributed by atoms with Crippen molar-refractivity contribution in [2.24, 2.45) is 5.92 Å². The van der Waals surface area contributed by atoms with Gasteiger partial charge < -0.3 is 4.90 Å². The molecule has 0 spiro atoms. The maximum Gasteiger partial charge on any atom is 0.253 e. The van der Waals surface area contributed by atoms with Crippen LogP contribution in [0.5, 0.6) is 0 Å². The van der Waals surface area contributed by atoms with E-state index in [1.54, 1.807) is 11.5 Å². The molecule has 0 saturated carbocycles. The summed E-state index contributed by atoms with van der Waals surface area (Å²) in [5, 5.41) is 0.696. The Labute approximate surface area is 255 Å². The lowest BCUT2D eigenvalue weighted by Gasteiger charge is -2.32. The summed E-state index contributed by atoms with van der Waals surface area (Å²) >= 11 is 6.22. The summed E-state index contributed by atoms with van der Waals surface area (Å²) in [5.74, 6) is 1.82. The lowest BCUT2D eigenvalue weighted by molar-refractivity contribution is 0.0708. The van der Waals surface area contributed by atoms with Gasteiger partial charge in [0.15, 0.2) is 6.30 Å². The van der Waals surface area contributed by atoms with Gasteiger partial charge in [-0.3, -0.25) is 9.36 Å². The summed E-state index contributed by atoms with van der Waals surface area (Å²) < 4.78 is 16.3. The first-order valence-corrected chi connectivity index (χ1v) is 15.5. The molecule has 5 rings (SSSR count). The fraction of sp³-hybridized carbons (Fsp3) is 0.389. The Balaban J connectivity index is 0.000000748. The molecule has 0 bridgehead atoms. The zero-order chi connectivity index (χ0) is 30.4. The molecule has 4 aromatic rings. The molecule has 1 saturated heterocycles. The molecule has 222 valence electrons. The van der Waals surface area contributed by atoms with E-state index >= 15 is 0 Å². The molecule has 3 aromatic carbocycles. The molecule has 0 radical (unpaired) electrons. The maximum atomic E-state index is 14.6. The van der Waals surface area contributed by atoms with E-state index in [1.807, 2.05) is 85.5 Å². The van der Waals surface area contributed by atoms with Crippen LogP contribution in [0.25, 0.3) is 16.6 Å². The van der Waals surface area contributed by atoms with Crippen LogP contribution in [-0.4, -0.2) is 33.4 Å². The zero-order valence-corrected chi connectivity index (χ0v) is 26.5. The predicted molar refractivity (Wildman–Crippen MR) is 174 cm³/mol. The van der Waals surface area contributed by atoms with Gasteiger partial charge in [-0.25, -0.2) is 9.37 Å². The number of aryl methyl sites for hydroxylation is 1. The van der Waals surface area contributed by atoms with Crippen LogP contribution < -0.4 is 0 Å². The number of amides is 1. The minimum absolute atomic E-state index is 0.0326. The third kappa shape index (κ3) is 7.12. The van der Waals surface area contributed by atoms with Gasteiger partial charge in [0.25, 0.3) is 5.91 Å². The second-order valence-electron chi connectivity index (χ2n) is 11.5. The van der Waals surface area contributed by atoms with Crippen molar-refractivity contribution in [3.05, 3.63) is 106 Å². The summed E-state index contributed by atoms with van der Waals surface area (Å²) in [4.78, 5) is 20.1. The largest absolute Gasteiger partial charge is 0.339 e. The first-order valence-electron chi connectivity index (χ1n) is 15.1. The van der Waals surface area contributed by atoms with E-state index in [4.69, 9.17) is 16.6 Å². The topological polar surface area (TPSA) is 38.1 Å². The number of piperidine rings is 1. The Morgan fingerprint density at radius 2 is 1.71 bits per heavy atom. The Morgan fingerprint density at radius 3 is 2.31 bits per heavy atom. The highest BCUT2D eigenvalue weighted by molar-refractivity contribution is 6.30. The van der Waals surface area contributed by atoms with E-state index < -0.39 is 6.30 Å². The van der Waals surface area contributed by atoms with E-state index in [1.165, 1.54) is 6.42 Å². The van der Waals surface area contributed by atoms with Crippen molar-refractivity contribution in [1.29, 1.82) is 0 Å². The minimum Gasteiger partial charge on any atom is -0.339 e. The van der Waals surface area contributed by atoms with Crippen molar-refractivity contribution in [3.8, 4) is 0 Å². The molecule has 6 heteroatoms. The monoisotopic (exact) mass is 587 g/mol. The zero-order valence-electron chi connectivity index (χ0n) is 25.7. The van der Waals surface area contributed by atoms with Gasteiger partial charge in [-0.05, 0) is 98.2 Å². The number of aromatic nitrogens is 2. The fourth-order valence-corrected chi connectivity index (χ4v) is 5.67. The first-order chi connectivity index (χ1) is 20.1. The van der Waals surface area contributed by atoms with E-state index in [0.717, 1.165) is 57.9 Å². The molecule has 1 aliphatic rings. The Morgan fingerprint density at radius 1 is 1.02 bits per heavy atom. The second-order valence-corrected chi connectivity index (χ2v) is 12.0. The number of carbonyl (C=O) groups excluding carboxylic acids is 1. The Hall–Kier alpha value is -3.44. The molecule has 0 aliphatic carbocycles. The van der Waals surface area contributed by atoms with Gasteiger partial charge in [0.05, 0.1) is 11.0 Å². The number of benzene rings is 3. The lowest BCUT2D eigenvalue weighted by Crippen LogP contribution is -2.38. The van der Waals surface area contributed by atoms with Crippen molar-refractivity contribution in [3.63, 3.8) is 0 Å². The summed E-state index contributed by atoms with van der Waals surface area (Å²) in [5.41, 5.74) is 6.58. The van der Waals surface area contributed by atoms with E-state index in [2.05, 4.69) is 26.8 Å². The predicted octanol–water partition coefficient (Wildman–Crippen LogP) is 10.0. The van der Waals surface area contributed by atoms with Gasteiger partial charge in [-0.2, -0.15) is 0 Å². The maximum absolute atomic E-state index is 14.6. The average molecular weight is 588 g/mol. The number of carbonyl (C=O) groups is 1. The van der Waals surface area contributed by atoms with E-state index in [9.17, 15) is 9.18 Å². The molecule has 2 heterocycles. The molecule has 0 N–H and O–H groups in total. The average Bonchev–Trinajstić information content (AvgIpc) is 3.38. The number of nitrogens with zero attached hydrogens (tertiary/aromatic N) is 3. The summed E-state index contributed by atoms with van der Waals surface area (Å²) in [6.45, 7) is 13.5. The molecule has 4 nitrogen and oxygen atoms in total. The van der Waals surface area contributed by atoms with Crippen LogP contribution in [0.3, 0.4) is 0 Å². The van der Waals surface area contributed by atoms with Crippen LogP contribution in [0, 0.1) is 12.8 Å². The fourth-order valence-electron chi connectivity index (χ4n) is 5.48. The van der Waals surface area contributed by atoms with Crippen molar-refractivity contribution in [2.75, 3.05) is 13.1 Å². The number of halogens is 2. The third-order valence-electron chi connectivity index (χ3n) is 8.13. The lowest BCUT2D eigenvalue weighted by atomic mass is 9.92. The molecule has 1 atom stereocenters. The third-order valence-corrected chi connectivity index (χ3v) is 8.37. The van der Waals surface area contributed by atoms with Gasteiger partial charge in [0.1, 0.15) is 5.82 Å². The highest BCUT2D eigenvalue weighted by atomic mass is 35.5. The standard InChI is InChI=1S/C31H31ClFN3O.C5H12/c1-4-26(23-8-7-9-25(32)19-23)27-13-12-24(18-20(27)2)31(37)35-16-14-22(15-17-35)30-34-28-10-5-6-11-29(28)36(30)21(3)33;1-4-5(2)3/h4-13,18-19,21-22H,14-17H2,1-3H3;5H,4H2,1-3H3/b26-4-;. The summed E-state index contributed by atoms with van der Waals surface area (Å²) in [6, 6.07) is 21.4. The quantitative estimate of drug-likeness (QED) is 0.225. The van der Waals surface area contributed by atoms with Gasteiger partial charge >= 0.3 is 0 Å². The van der Waals surface area contributed by atoms with Crippen LogP contribution in [0.4, 0.5) is 4.39 Å². The molecule has 1 aliphatic heterocycles. The van der Waals surface area contributed by atoms with Crippen LogP contribution in [0.2, 0.25) is 5.02 Å². The molecule has 1 aromatic heterocycles. The smallest absolute Gasteiger partial charge is 0.253 e. The minimum atomic E-state index is -1.16. The number of para-hydroxylation sites is 2. The van der Waals surface area contributed by atoms with Crippen LogP contribution >= 0.6 is 11.6 Å². The summed E-state index contributed by atoms with van der Waals surface area (Å²) in [7, 11) is 0. The number of fused-ring (bicyclic) bond motifs is 1. The van der Waals surface area contributed by atoms with E-state index in [0.29, 0.717) is 23.7 Å². The second kappa shape index (κ2) is 14.2. The highest BCUT2D eigenvalue weighted by Gasteiger charge is 2.29. The molecule has 42 heavy (non-hydrogen) atoms. The molecular weight excluding hydrogens is 545 g/mol. The number of alkyl halides is 1. The van der Waals surface area contributed by atoms with Crippen molar-refractivity contribution >= 4 is 34.1 Å². The Bertz CT molecular complexity index is 1550.